The molecule has 94 valence electrons. The summed E-state index contributed by atoms with van der Waals surface area (Å²) in [7, 11) is 0. The molecule has 0 fully saturated rings. The van der Waals surface area contributed by atoms with Gasteiger partial charge in [0.15, 0.2) is 0 Å². The molecule has 0 aromatic carbocycles. The highest BCUT2D eigenvalue weighted by atomic mass is 79.9. The first kappa shape index (κ1) is 16.1. The Morgan fingerprint density at radius 3 is 2.00 bits per heavy atom. The Morgan fingerprint density at radius 1 is 1.19 bits per heavy atom. The van der Waals surface area contributed by atoms with Gasteiger partial charge in [0.05, 0.1) is 3.79 Å². The van der Waals surface area contributed by atoms with Gasteiger partial charge in [0.25, 0.3) is 0 Å². The first-order chi connectivity index (χ1) is 6.66. The fraction of sp³-hybridized carbons (Fsp3) is 0.429. The van der Waals surface area contributed by atoms with Crippen LogP contribution in [0.4, 0.5) is 22.0 Å². The third-order valence-corrected chi connectivity index (χ3v) is 3.38. The molecule has 1 atom stereocenters. The standard InChI is InChI=1S/C7H5BrF5NS.ClH/c8-4-2-1-3(15-4)5(14)6(9,10)7(11,12)13;/h1-2,5H,14H2;1H/t5-;/m1./s1. The lowest BCUT2D eigenvalue weighted by Crippen LogP contribution is -2.45. The summed E-state index contributed by atoms with van der Waals surface area (Å²) in [4.78, 5) is -0.218. The maximum Gasteiger partial charge on any atom is 0.455 e. The van der Waals surface area contributed by atoms with E-state index >= 15 is 0 Å². The van der Waals surface area contributed by atoms with Crippen LogP contribution >= 0.6 is 39.7 Å². The number of rotatable bonds is 2. The summed E-state index contributed by atoms with van der Waals surface area (Å²) in [5.41, 5.74) is 4.89. The van der Waals surface area contributed by atoms with Crippen LogP contribution in [0.15, 0.2) is 15.9 Å². The second-order valence-electron chi connectivity index (χ2n) is 2.74. The van der Waals surface area contributed by atoms with Gasteiger partial charge in [-0.05, 0) is 28.1 Å². The van der Waals surface area contributed by atoms with E-state index in [2.05, 4.69) is 15.9 Å². The van der Waals surface area contributed by atoms with Crippen LogP contribution in [0.5, 0.6) is 0 Å². The molecule has 0 amide bonds. The minimum Gasteiger partial charge on any atom is -0.318 e. The van der Waals surface area contributed by atoms with E-state index in [4.69, 9.17) is 5.73 Å². The van der Waals surface area contributed by atoms with Crippen molar-refractivity contribution in [3.05, 3.63) is 20.8 Å². The van der Waals surface area contributed by atoms with Crippen LogP contribution in [-0.4, -0.2) is 12.1 Å². The van der Waals surface area contributed by atoms with Gasteiger partial charge in [0.1, 0.15) is 6.04 Å². The molecule has 0 bridgehead atoms. The summed E-state index contributed by atoms with van der Waals surface area (Å²) < 4.78 is 61.8. The van der Waals surface area contributed by atoms with E-state index in [9.17, 15) is 22.0 Å². The fourth-order valence-electron chi connectivity index (χ4n) is 0.850. The first-order valence-corrected chi connectivity index (χ1v) is 5.22. The molecule has 0 aliphatic carbocycles. The highest BCUT2D eigenvalue weighted by Crippen LogP contribution is 2.45. The summed E-state index contributed by atoms with van der Waals surface area (Å²) in [5.74, 6) is -4.92. The molecule has 0 spiro atoms. The number of hydrogen-bond acceptors (Lipinski definition) is 2. The van der Waals surface area contributed by atoms with Crippen molar-refractivity contribution >= 4 is 39.7 Å². The molecular formula is C7H6BrClF5NS. The largest absolute Gasteiger partial charge is 0.455 e. The molecule has 9 heteroatoms. The average Bonchev–Trinajstić information content (AvgIpc) is 2.48. The zero-order valence-corrected chi connectivity index (χ0v) is 10.6. The average molecular weight is 347 g/mol. The monoisotopic (exact) mass is 345 g/mol. The molecule has 1 aromatic rings. The molecule has 0 saturated heterocycles. The van der Waals surface area contributed by atoms with E-state index in [0.717, 1.165) is 17.4 Å². The third-order valence-electron chi connectivity index (χ3n) is 1.67. The second-order valence-corrected chi connectivity index (χ2v) is 5.23. The van der Waals surface area contributed by atoms with Gasteiger partial charge in [-0.2, -0.15) is 22.0 Å². The number of halogens is 7. The van der Waals surface area contributed by atoms with E-state index in [-0.39, 0.29) is 17.3 Å². The van der Waals surface area contributed by atoms with Crippen LogP contribution in [0.25, 0.3) is 0 Å². The lowest BCUT2D eigenvalue weighted by molar-refractivity contribution is -0.290. The SMILES string of the molecule is Cl.N[C@H](c1ccc(Br)s1)C(F)(F)C(F)(F)F. The van der Waals surface area contributed by atoms with Crippen LogP contribution in [0, 0.1) is 0 Å². The minimum absolute atomic E-state index is 0. The molecule has 1 nitrogen and oxygen atoms in total. The number of thiophene rings is 1. The van der Waals surface area contributed by atoms with Gasteiger partial charge in [0, 0.05) is 4.88 Å². The van der Waals surface area contributed by atoms with Gasteiger partial charge in [-0.15, -0.1) is 23.7 Å². The predicted molar refractivity (Wildman–Crippen MR) is 57.2 cm³/mol. The Hall–Kier alpha value is 0.0800. The highest BCUT2D eigenvalue weighted by Gasteiger charge is 2.62. The fourth-order valence-corrected chi connectivity index (χ4v) is 2.32. The van der Waals surface area contributed by atoms with Crippen molar-refractivity contribution in [1.29, 1.82) is 0 Å². The molecule has 2 N–H and O–H groups in total. The number of alkyl halides is 5. The molecule has 1 aromatic heterocycles. The third kappa shape index (κ3) is 3.06. The first-order valence-electron chi connectivity index (χ1n) is 3.61. The summed E-state index contributed by atoms with van der Waals surface area (Å²) in [6, 6.07) is 0.138. The summed E-state index contributed by atoms with van der Waals surface area (Å²) in [5, 5.41) is 0. The van der Waals surface area contributed by atoms with Gasteiger partial charge < -0.3 is 5.73 Å². The molecule has 0 radical (unpaired) electrons. The van der Waals surface area contributed by atoms with E-state index in [1.54, 1.807) is 0 Å². The van der Waals surface area contributed by atoms with Crippen molar-refractivity contribution < 1.29 is 22.0 Å². The maximum absolute atomic E-state index is 12.8. The van der Waals surface area contributed by atoms with Crippen molar-refractivity contribution in [3.8, 4) is 0 Å². The Labute approximate surface area is 106 Å². The van der Waals surface area contributed by atoms with Crippen LogP contribution in [-0.2, 0) is 0 Å². The summed E-state index contributed by atoms with van der Waals surface area (Å²) in [6.45, 7) is 0. The van der Waals surface area contributed by atoms with Gasteiger partial charge >= 0.3 is 12.1 Å². The molecule has 16 heavy (non-hydrogen) atoms. The Balaban J connectivity index is 0.00000225. The summed E-state index contributed by atoms with van der Waals surface area (Å²) in [6.07, 6.45) is -5.64. The van der Waals surface area contributed by atoms with Crippen molar-refractivity contribution in [3.63, 3.8) is 0 Å². The van der Waals surface area contributed by atoms with E-state index in [1.165, 1.54) is 6.07 Å². The van der Waals surface area contributed by atoms with E-state index in [0.29, 0.717) is 3.79 Å². The van der Waals surface area contributed by atoms with Crippen LogP contribution in [0.3, 0.4) is 0 Å². The van der Waals surface area contributed by atoms with Gasteiger partial charge in [-0.3, -0.25) is 0 Å². The van der Waals surface area contributed by atoms with Gasteiger partial charge in [-0.1, -0.05) is 0 Å². The molecule has 0 aliphatic heterocycles. The lowest BCUT2D eigenvalue weighted by atomic mass is 10.1. The van der Waals surface area contributed by atoms with Gasteiger partial charge in [0.2, 0.25) is 0 Å². The van der Waals surface area contributed by atoms with Gasteiger partial charge in [-0.25, -0.2) is 0 Å². The maximum atomic E-state index is 12.8. The normalized spacial score (nSPS) is 14.4. The highest BCUT2D eigenvalue weighted by molar-refractivity contribution is 9.11. The van der Waals surface area contributed by atoms with Crippen LogP contribution in [0.1, 0.15) is 10.9 Å². The quantitative estimate of drug-likeness (QED) is 0.801. The molecule has 0 saturated carbocycles. The number of hydrogen-bond donors (Lipinski definition) is 1. The van der Waals surface area contributed by atoms with Crippen molar-refractivity contribution in [2.24, 2.45) is 5.73 Å². The zero-order chi connectivity index (χ0) is 11.9. The Kier molecular flexibility index (Phi) is 5.18. The minimum atomic E-state index is -5.64. The molecule has 0 aliphatic rings. The van der Waals surface area contributed by atoms with Crippen LogP contribution in [0.2, 0.25) is 0 Å². The zero-order valence-electron chi connectivity index (χ0n) is 7.39. The van der Waals surface area contributed by atoms with Crippen molar-refractivity contribution in [2.75, 3.05) is 0 Å². The summed E-state index contributed by atoms with van der Waals surface area (Å²) >= 11 is 3.70. The Bertz CT molecular complexity index is 353. The Morgan fingerprint density at radius 2 is 1.69 bits per heavy atom. The van der Waals surface area contributed by atoms with Crippen molar-refractivity contribution in [2.45, 2.75) is 18.1 Å². The molecule has 1 heterocycles. The van der Waals surface area contributed by atoms with E-state index in [1.807, 2.05) is 0 Å². The smallest absolute Gasteiger partial charge is 0.318 e. The van der Waals surface area contributed by atoms with Crippen LogP contribution < -0.4 is 5.73 Å². The topological polar surface area (TPSA) is 26.0 Å². The predicted octanol–water partition coefficient (Wildman–Crippen LogP) is 4.13. The lowest BCUT2D eigenvalue weighted by Gasteiger charge is -2.24. The second kappa shape index (κ2) is 5.16. The van der Waals surface area contributed by atoms with Crippen molar-refractivity contribution in [1.82, 2.24) is 0 Å². The molecular weight excluding hydrogens is 340 g/mol. The molecule has 0 unspecified atom stereocenters. The molecule has 1 rings (SSSR count). The number of nitrogens with two attached hydrogens (primary N) is 1. The van der Waals surface area contributed by atoms with E-state index < -0.39 is 18.1 Å².